The zero-order valence-electron chi connectivity index (χ0n) is 16.0. The lowest BCUT2D eigenvalue weighted by Crippen LogP contribution is -2.49. The first kappa shape index (κ1) is 19.3. The first-order valence-electron chi connectivity index (χ1n) is 9.73. The van der Waals surface area contributed by atoms with Crippen LogP contribution in [0.15, 0.2) is 48.5 Å². The number of imide groups is 1. The minimum absolute atomic E-state index is 0.0329. The summed E-state index contributed by atoms with van der Waals surface area (Å²) in [6.45, 7) is 3.60. The first-order chi connectivity index (χ1) is 14.0. The Kier molecular flexibility index (Phi) is 5.40. The van der Waals surface area contributed by atoms with E-state index in [9.17, 15) is 18.8 Å². The monoisotopic (exact) mass is 395 g/mol. The summed E-state index contributed by atoms with van der Waals surface area (Å²) in [5.41, 5.74) is 1.11. The fraction of sp³-hybridized carbons (Fsp3) is 0.318. The second-order valence-electron chi connectivity index (χ2n) is 7.32. The van der Waals surface area contributed by atoms with E-state index in [0.717, 1.165) is 30.6 Å². The number of halogens is 1. The highest BCUT2D eigenvalue weighted by Crippen LogP contribution is 2.25. The van der Waals surface area contributed by atoms with Gasteiger partial charge in [-0.3, -0.25) is 24.2 Å². The fourth-order valence-electron chi connectivity index (χ4n) is 3.86. The van der Waals surface area contributed by atoms with Gasteiger partial charge in [0, 0.05) is 45.7 Å². The molecule has 0 radical (unpaired) electrons. The molecule has 1 saturated heterocycles. The molecule has 0 saturated carbocycles. The van der Waals surface area contributed by atoms with E-state index in [4.69, 9.17) is 0 Å². The number of carbonyl (C=O) groups excluding carboxylic acids is 3. The highest BCUT2D eigenvalue weighted by molar-refractivity contribution is 6.21. The molecule has 1 fully saturated rings. The van der Waals surface area contributed by atoms with Crippen molar-refractivity contribution in [1.82, 2.24) is 14.7 Å². The van der Waals surface area contributed by atoms with Crippen molar-refractivity contribution in [3.05, 3.63) is 71.0 Å². The fourth-order valence-corrected chi connectivity index (χ4v) is 3.86. The topological polar surface area (TPSA) is 60.9 Å². The Bertz CT molecular complexity index is 940. The van der Waals surface area contributed by atoms with E-state index in [-0.39, 0.29) is 30.0 Å². The minimum Gasteiger partial charge on any atom is -0.340 e. The number of amides is 3. The van der Waals surface area contributed by atoms with Gasteiger partial charge >= 0.3 is 0 Å². The Hall–Kier alpha value is -3.06. The molecular weight excluding hydrogens is 373 g/mol. The smallest absolute Gasteiger partial charge is 0.264 e. The third-order valence-corrected chi connectivity index (χ3v) is 5.47. The number of carbonyl (C=O) groups is 3. The molecule has 29 heavy (non-hydrogen) atoms. The molecule has 7 heteroatoms. The highest BCUT2D eigenvalue weighted by atomic mass is 19.1. The molecule has 2 heterocycles. The van der Waals surface area contributed by atoms with Crippen LogP contribution in [0.25, 0.3) is 0 Å². The van der Waals surface area contributed by atoms with Crippen LogP contribution in [0.2, 0.25) is 0 Å². The molecule has 0 spiro atoms. The van der Waals surface area contributed by atoms with Crippen LogP contribution < -0.4 is 0 Å². The van der Waals surface area contributed by atoms with Crippen molar-refractivity contribution in [3.63, 3.8) is 0 Å². The van der Waals surface area contributed by atoms with Crippen LogP contribution in [0.5, 0.6) is 0 Å². The van der Waals surface area contributed by atoms with Gasteiger partial charge in [0.05, 0.1) is 11.1 Å². The Morgan fingerprint density at radius 2 is 1.62 bits per heavy atom. The molecular formula is C22H22FN3O3. The summed E-state index contributed by atoms with van der Waals surface area (Å²) >= 11 is 0. The molecule has 0 atom stereocenters. The van der Waals surface area contributed by atoms with Crippen molar-refractivity contribution in [2.24, 2.45) is 0 Å². The Morgan fingerprint density at radius 3 is 2.31 bits per heavy atom. The lowest BCUT2D eigenvalue weighted by Gasteiger charge is -2.35. The largest absolute Gasteiger partial charge is 0.340 e. The van der Waals surface area contributed by atoms with Crippen LogP contribution >= 0.6 is 0 Å². The second kappa shape index (κ2) is 8.13. The summed E-state index contributed by atoms with van der Waals surface area (Å²) in [5, 5.41) is 0. The lowest BCUT2D eigenvalue weighted by molar-refractivity contribution is -0.133. The molecule has 4 rings (SSSR count). The number of fused-ring (bicyclic) bond motifs is 1. The van der Waals surface area contributed by atoms with Gasteiger partial charge in [0.1, 0.15) is 5.82 Å². The lowest BCUT2D eigenvalue weighted by atomic mass is 10.1. The van der Waals surface area contributed by atoms with Crippen LogP contribution in [0.3, 0.4) is 0 Å². The predicted molar refractivity (Wildman–Crippen MR) is 105 cm³/mol. The molecule has 6 nitrogen and oxygen atoms in total. The minimum atomic E-state index is -0.704. The van der Waals surface area contributed by atoms with Crippen molar-refractivity contribution >= 4 is 17.7 Å². The third-order valence-electron chi connectivity index (χ3n) is 5.47. The maximum absolute atomic E-state index is 13.9. The van der Waals surface area contributed by atoms with Gasteiger partial charge in [-0.05, 0) is 17.7 Å². The van der Waals surface area contributed by atoms with Gasteiger partial charge in [-0.2, -0.15) is 0 Å². The maximum Gasteiger partial charge on any atom is 0.264 e. The molecule has 0 aliphatic carbocycles. The normalized spacial score (nSPS) is 17.0. The number of benzene rings is 2. The van der Waals surface area contributed by atoms with E-state index in [1.807, 2.05) is 18.2 Å². The van der Waals surface area contributed by atoms with E-state index in [1.165, 1.54) is 17.7 Å². The number of rotatable bonds is 5. The predicted octanol–water partition coefficient (Wildman–Crippen LogP) is 2.16. The van der Waals surface area contributed by atoms with Crippen LogP contribution in [0.1, 0.15) is 32.7 Å². The number of nitrogens with zero attached hydrogens (tertiary/aromatic N) is 3. The van der Waals surface area contributed by atoms with Crippen molar-refractivity contribution < 1.29 is 18.8 Å². The van der Waals surface area contributed by atoms with Crippen LogP contribution in [-0.2, 0) is 11.3 Å². The van der Waals surface area contributed by atoms with Gasteiger partial charge in [0.25, 0.3) is 11.8 Å². The van der Waals surface area contributed by atoms with Crippen molar-refractivity contribution in [2.75, 3.05) is 32.7 Å². The van der Waals surface area contributed by atoms with E-state index in [0.29, 0.717) is 13.1 Å². The third kappa shape index (κ3) is 3.91. The van der Waals surface area contributed by atoms with E-state index >= 15 is 0 Å². The van der Waals surface area contributed by atoms with Gasteiger partial charge in [-0.25, -0.2) is 4.39 Å². The van der Waals surface area contributed by atoms with E-state index in [1.54, 1.807) is 4.90 Å². The molecule has 0 N–H and O–H groups in total. The summed E-state index contributed by atoms with van der Waals surface area (Å²) in [5.74, 6) is -2.00. The average molecular weight is 395 g/mol. The zero-order valence-corrected chi connectivity index (χ0v) is 16.0. The van der Waals surface area contributed by atoms with E-state index in [2.05, 4.69) is 17.0 Å². The quantitative estimate of drug-likeness (QED) is 0.728. The van der Waals surface area contributed by atoms with Crippen LogP contribution in [-0.4, -0.2) is 65.1 Å². The van der Waals surface area contributed by atoms with Crippen molar-refractivity contribution in [3.8, 4) is 0 Å². The van der Waals surface area contributed by atoms with Crippen molar-refractivity contribution in [2.45, 2.75) is 13.0 Å². The van der Waals surface area contributed by atoms with Crippen LogP contribution in [0, 0.1) is 5.82 Å². The Morgan fingerprint density at radius 1 is 0.897 bits per heavy atom. The summed E-state index contributed by atoms with van der Waals surface area (Å²) in [6.07, 6.45) is 0.0474. The molecule has 0 bridgehead atoms. The second-order valence-corrected chi connectivity index (χ2v) is 7.32. The summed E-state index contributed by atoms with van der Waals surface area (Å²) in [6, 6.07) is 14.2. The molecule has 0 aromatic heterocycles. The highest BCUT2D eigenvalue weighted by Gasteiger charge is 2.38. The number of piperazine rings is 1. The Labute approximate surface area is 168 Å². The standard InChI is InChI=1S/C22H22FN3O3/c23-18-8-4-7-17-20(18)22(29)26(21(17)28)10-9-19(27)25-13-11-24(12-14-25)15-16-5-2-1-3-6-16/h1-8H,9-15H2. The molecule has 2 aromatic carbocycles. The van der Waals surface area contributed by atoms with Gasteiger partial charge in [-0.1, -0.05) is 36.4 Å². The van der Waals surface area contributed by atoms with Gasteiger partial charge in [-0.15, -0.1) is 0 Å². The van der Waals surface area contributed by atoms with Gasteiger partial charge < -0.3 is 4.90 Å². The van der Waals surface area contributed by atoms with Crippen molar-refractivity contribution in [1.29, 1.82) is 0 Å². The van der Waals surface area contributed by atoms with Crippen LogP contribution in [0.4, 0.5) is 4.39 Å². The molecule has 2 aromatic rings. The average Bonchev–Trinajstić information content (AvgIpc) is 2.98. The Balaban J connectivity index is 1.28. The zero-order chi connectivity index (χ0) is 20.4. The van der Waals surface area contributed by atoms with E-state index < -0.39 is 17.6 Å². The molecule has 3 amide bonds. The molecule has 0 unspecified atom stereocenters. The van der Waals surface area contributed by atoms with Gasteiger partial charge in [0.15, 0.2) is 0 Å². The number of hydrogen-bond acceptors (Lipinski definition) is 4. The SMILES string of the molecule is O=C(CCN1C(=O)c2cccc(F)c2C1=O)N1CCN(Cc2ccccc2)CC1. The van der Waals surface area contributed by atoms with Gasteiger partial charge in [0.2, 0.25) is 5.91 Å². The summed E-state index contributed by atoms with van der Waals surface area (Å²) in [4.78, 5) is 42.3. The number of hydrogen-bond donors (Lipinski definition) is 0. The molecule has 2 aliphatic rings. The molecule has 150 valence electrons. The maximum atomic E-state index is 13.9. The summed E-state index contributed by atoms with van der Waals surface area (Å²) in [7, 11) is 0. The first-order valence-corrected chi connectivity index (χ1v) is 9.73. The molecule has 2 aliphatic heterocycles. The summed E-state index contributed by atoms with van der Waals surface area (Å²) < 4.78 is 13.9.